The van der Waals surface area contributed by atoms with Crippen molar-refractivity contribution in [2.24, 2.45) is 11.1 Å². The lowest BCUT2D eigenvalue weighted by molar-refractivity contribution is -0.119. The molecule has 1 aromatic rings. The lowest BCUT2D eigenvalue weighted by Gasteiger charge is -2.25. The molecule has 0 aliphatic carbocycles. The van der Waals surface area contributed by atoms with Gasteiger partial charge in [0.15, 0.2) is 5.82 Å². The second-order valence-electron chi connectivity index (χ2n) is 6.75. The molecule has 0 spiro atoms. The zero-order valence-corrected chi connectivity index (χ0v) is 12.1. The van der Waals surface area contributed by atoms with Crippen molar-refractivity contribution in [2.75, 3.05) is 5.32 Å². The van der Waals surface area contributed by atoms with E-state index >= 15 is 0 Å². The first-order valence-electron chi connectivity index (χ1n) is 6.14. The second-order valence-corrected chi connectivity index (χ2v) is 6.75. The molecule has 18 heavy (non-hydrogen) atoms. The van der Waals surface area contributed by atoms with E-state index in [1.165, 1.54) is 0 Å². The van der Waals surface area contributed by atoms with Gasteiger partial charge in [0.1, 0.15) is 0 Å². The van der Waals surface area contributed by atoms with Crippen LogP contribution in [0.2, 0.25) is 0 Å². The largest absolute Gasteiger partial charge is 0.319 e. The molecule has 1 amide bonds. The number of carbonyl (C=O) groups is 1. The van der Waals surface area contributed by atoms with Gasteiger partial charge in [-0.05, 0) is 5.41 Å². The van der Waals surface area contributed by atoms with E-state index in [4.69, 9.17) is 5.73 Å². The lowest BCUT2D eigenvalue weighted by Crippen LogP contribution is -2.45. The third-order valence-electron chi connectivity index (χ3n) is 2.85. The Labute approximate surface area is 109 Å². The third-order valence-corrected chi connectivity index (χ3v) is 2.85. The van der Waals surface area contributed by atoms with Crippen molar-refractivity contribution in [3.8, 4) is 0 Å². The van der Waals surface area contributed by atoms with Crippen LogP contribution in [0.3, 0.4) is 0 Å². The quantitative estimate of drug-likeness (QED) is 0.753. The Morgan fingerprint density at radius 3 is 2.28 bits per heavy atom. The fraction of sp³-hybridized carbons (Fsp3) is 0.692. The molecule has 1 rings (SSSR count). The lowest BCUT2D eigenvalue weighted by atomic mass is 9.87. The molecule has 102 valence electrons. The van der Waals surface area contributed by atoms with Crippen molar-refractivity contribution in [3.05, 3.63) is 11.8 Å². The van der Waals surface area contributed by atoms with E-state index in [-0.39, 0.29) is 16.7 Å². The maximum atomic E-state index is 11.9. The van der Waals surface area contributed by atoms with Crippen molar-refractivity contribution in [2.45, 2.75) is 53.0 Å². The van der Waals surface area contributed by atoms with Gasteiger partial charge in [-0.25, -0.2) is 0 Å². The number of hydrogen-bond donors (Lipinski definition) is 3. The van der Waals surface area contributed by atoms with E-state index in [0.717, 1.165) is 5.69 Å². The summed E-state index contributed by atoms with van der Waals surface area (Å²) in [6, 6.07) is 1.28. The molecule has 0 bridgehead atoms. The Kier molecular flexibility index (Phi) is 3.86. The number of nitrogens with one attached hydrogen (secondary N) is 2. The number of H-pyrrole nitrogens is 1. The standard InChI is InChI=1S/C13H24N4O/c1-12(2,3)8-7-9(17-16-8)15-11(18)10(14)13(4,5)6/h7,10H,14H2,1-6H3,(H2,15,16,17,18)/t10-/m1/s1. The SMILES string of the molecule is CC(C)(C)c1cc(NC(=O)[C@@H](N)C(C)(C)C)n[nH]1. The Balaban J connectivity index is 2.75. The van der Waals surface area contributed by atoms with E-state index in [2.05, 4.69) is 36.3 Å². The van der Waals surface area contributed by atoms with Gasteiger partial charge in [0.25, 0.3) is 0 Å². The maximum Gasteiger partial charge on any atom is 0.243 e. The molecule has 0 aliphatic rings. The van der Waals surface area contributed by atoms with Crippen LogP contribution in [-0.4, -0.2) is 22.1 Å². The monoisotopic (exact) mass is 252 g/mol. The second kappa shape index (κ2) is 4.72. The number of carbonyl (C=O) groups excluding carboxylic acids is 1. The normalized spacial score (nSPS) is 14.4. The number of anilines is 1. The summed E-state index contributed by atoms with van der Waals surface area (Å²) in [4.78, 5) is 11.9. The predicted octanol–water partition coefficient (Wildman–Crippen LogP) is 2.02. The summed E-state index contributed by atoms with van der Waals surface area (Å²) in [5.74, 6) is 0.305. The van der Waals surface area contributed by atoms with E-state index in [1.807, 2.05) is 26.8 Å². The van der Waals surface area contributed by atoms with Gasteiger partial charge >= 0.3 is 0 Å². The fourth-order valence-electron chi connectivity index (χ4n) is 1.37. The minimum absolute atomic E-state index is 0.0257. The van der Waals surface area contributed by atoms with Crippen molar-refractivity contribution in [1.82, 2.24) is 10.2 Å². The highest BCUT2D eigenvalue weighted by Crippen LogP contribution is 2.23. The van der Waals surface area contributed by atoms with E-state index < -0.39 is 6.04 Å². The molecule has 5 nitrogen and oxygen atoms in total. The zero-order chi connectivity index (χ0) is 14.1. The maximum absolute atomic E-state index is 11.9. The van der Waals surface area contributed by atoms with Crippen molar-refractivity contribution >= 4 is 11.7 Å². The van der Waals surface area contributed by atoms with Crippen LogP contribution in [0.1, 0.15) is 47.2 Å². The predicted molar refractivity (Wildman–Crippen MR) is 73.3 cm³/mol. The first-order chi connectivity index (χ1) is 8.01. The summed E-state index contributed by atoms with van der Waals surface area (Å²) >= 11 is 0. The molecular weight excluding hydrogens is 228 g/mol. The van der Waals surface area contributed by atoms with Gasteiger partial charge in [0.05, 0.1) is 6.04 Å². The summed E-state index contributed by atoms with van der Waals surface area (Å²) in [6.07, 6.45) is 0. The molecule has 1 heterocycles. The van der Waals surface area contributed by atoms with Crippen molar-refractivity contribution in [1.29, 1.82) is 0 Å². The molecule has 0 aliphatic heterocycles. The minimum Gasteiger partial charge on any atom is -0.319 e. The first-order valence-corrected chi connectivity index (χ1v) is 6.14. The number of aromatic amines is 1. The van der Waals surface area contributed by atoms with E-state index in [9.17, 15) is 4.79 Å². The van der Waals surface area contributed by atoms with Gasteiger partial charge < -0.3 is 11.1 Å². The molecule has 0 unspecified atom stereocenters. The van der Waals surface area contributed by atoms with Crippen LogP contribution in [0.15, 0.2) is 6.07 Å². The molecule has 1 aromatic heterocycles. The number of amides is 1. The van der Waals surface area contributed by atoms with Crippen LogP contribution < -0.4 is 11.1 Å². The average molecular weight is 252 g/mol. The summed E-state index contributed by atoms with van der Waals surface area (Å²) in [7, 11) is 0. The van der Waals surface area contributed by atoms with Crippen LogP contribution in [0.25, 0.3) is 0 Å². The Bertz CT molecular complexity index is 423. The summed E-state index contributed by atoms with van der Waals surface area (Å²) < 4.78 is 0. The number of hydrogen-bond acceptors (Lipinski definition) is 3. The number of aromatic nitrogens is 2. The molecule has 5 heteroatoms. The van der Waals surface area contributed by atoms with Crippen LogP contribution in [0, 0.1) is 5.41 Å². The van der Waals surface area contributed by atoms with Gasteiger partial charge in [0, 0.05) is 17.2 Å². The molecule has 0 radical (unpaired) electrons. The van der Waals surface area contributed by atoms with E-state index in [0.29, 0.717) is 5.82 Å². The fourth-order valence-corrected chi connectivity index (χ4v) is 1.37. The van der Waals surface area contributed by atoms with Crippen molar-refractivity contribution < 1.29 is 4.79 Å². The summed E-state index contributed by atoms with van der Waals surface area (Å²) in [5.41, 5.74) is 6.56. The van der Waals surface area contributed by atoms with Gasteiger partial charge in [-0.1, -0.05) is 41.5 Å². The first kappa shape index (κ1) is 14.7. The summed E-state index contributed by atoms with van der Waals surface area (Å²) in [6.45, 7) is 12.0. The molecular formula is C13H24N4O. The van der Waals surface area contributed by atoms with Crippen LogP contribution >= 0.6 is 0 Å². The van der Waals surface area contributed by atoms with Crippen LogP contribution in [0.4, 0.5) is 5.82 Å². The highest BCUT2D eigenvalue weighted by atomic mass is 16.2. The molecule has 0 saturated heterocycles. The average Bonchev–Trinajstić information content (AvgIpc) is 2.62. The Morgan fingerprint density at radius 2 is 1.89 bits per heavy atom. The molecule has 0 fully saturated rings. The zero-order valence-electron chi connectivity index (χ0n) is 12.1. The molecule has 4 N–H and O–H groups in total. The van der Waals surface area contributed by atoms with Gasteiger partial charge in [-0.15, -0.1) is 0 Å². The summed E-state index contributed by atoms with van der Waals surface area (Å²) in [5, 5.41) is 9.73. The van der Waals surface area contributed by atoms with Crippen LogP contribution in [-0.2, 0) is 10.2 Å². The minimum atomic E-state index is -0.563. The number of nitrogens with zero attached hydrogens (tertiary/aromatic N) is 1. The Hall–Kier alpha value is -1.36. The van der Waals surface area contributed by atoms with E-state index in [1.54, 1.807) is 0 Å². The highest BCUT2D eigenvalue weighted by Gasteiger charge is 2.28. The third kappa shape index (κ3) is 3.57. The van der Waals surface area contributed by atoms with Gasteiger partial charge in [0.2, 0.25) is 5.91 Å². The topological polar surface area (TPSA) is 83.8 Å². The van der Waals surface area contributed by atoms with Crippen LogP contribution in [0.5, 0.6) is 0 Å². The van der Waals surface area contributed by atoms with Gasteiger partial charge in [-0.3, -0.25) is 9.89 Å². The van der Waals surface area contributed by atoms with Crippen molar-refractivity contribution in [3.63, 3.8) is 0 Å². The molecule has 0 saturated carbocycles. The molecule has 0 aromatic carbocycles. The smallest absolute Gasteiger partial charge is 0.243 e. The highest BCUT2D eigenvalue weighted by molar-refractivity contribution is 5.94. The number of rotatable bonds is 2. The molecule has 1 atom stereocenters. The van der Waals surface area contributed by atoms with Gasteiger partial charge in [-0.2, -0.15) is 5.10 Å². The number of nitrogens with two attached hydrogens (primary N) is 1. The Morgan fingerprint density at radius 1 is 1.33 bits per heavy atom.